The first kappa shape index (κ1) is 24.6. The van der Waals surface area contributed by atoms with Crippen LogP contribution in [0.1, 0.15) is 37.8 Å². The van der Waals surface area contributed by atoms with Crippen LogP contribution in [0.15, 0.2) is 71.4 Å². The fraction of sp³-hybridized carbons (Fsp3) is 0.320. The Morgan fingerprint density at radius 2 is 1.79 bits per heavy atom. The van der Waals surface area contributed by atoms with Crippen molar-refractivity contribution in [1.82, 2.24) is 4.90 Å². The minimum absolute atomic E-state index is 0.0300. The highest BCUT2D eigenvalue weighted by Gasteiger charge is 2.59. The number of hydrogen-bond acceptors (Lipinski definition) is 2. The van der Waals surface area contributed by atoms with Crippen LogP contribution in [-0.4, -0.2) is 22.1 Å². The Balaban J connectivity index is 1.94. The van der Waals surface area contributed by atoms with Crippen LogP contribution in [0.5, 0.6) is 0 Å². The second kappa shape index (κ2) is 8.95. The summed E-state index contributed by atoms with van der Waals surface area (Å²) in [5.74, 6) is -0.133. The predicted octanol–water partition coefficient (Wildman–Crippen LogP) is 7.27. The van der Waals surface area contributed by atoms with Gasteiger partial charge < -0.3 is 5.11 Å². The van der Waals surface area contributed by atoms with Crippen molar-refractivity contribution in [3.05, 3.63) is 87.6 Å². The van der Waals surface area contributed by atoms with Crippen molar-refractivity contribution in [1.29, 1.82) is 0 Å². The van der Waals surface area contributed by atoms with Crippen LogP contribution >= 0.6 is 23.2 Å². The summed E-state index contributed by atoms with van der Waals surface area (Å²) in [5, 5.41) is 13.3. The Morgan fingerprint density at radius 1 is 1.12 bits per heavy atom. The molecule has 4 rings (SSSR count). The zero-order valence-electron chi connectivity index (χ0n) is 18.5. The molecule has 0 radical (unpaired) electrons. The molecule has 9 heteroatoms. The average molecular weight is 511 g/mol. The van der Waals surface area contributed by atoms with Crippen LogP contribution in [0.3, 0.4) is 0 Å². The van der Waals surface area contributed by atoms with E-state index in [1.54, 1.807) is 43.3 Å². The first-order valence-electron chi connectivity index (χ1n) is 10.8. The number of amides is 2. The first-order valence-corrected chi connectivity index (χ1v) is 11.6. The molecule has 2 aromatic rings. The van der Waals surface area contributed by atoms with Crippen molar-refractivity contribution in [2.24, 2.45) is 5.92 Å². The topological polar surface area (TPSA) is 43.8 Å². The number of hydrogen-bond donors (Lipinski definition) is 1. The minimum atomic E-state index is -4.61. The van der Waals surface area contributed by atoms with Gasteiger partial charge in [0.05, 0.1) is 11.6 Å². The third-order valence-corrected chi connectivity index (χ3v) is 6.85. The lowest BCUT2D eigenvalue weighted by atomic mass is 9.89. The highest BCUT2D eigenvalue weighted by Crippen LogP contribution is 2.48. The molecule has 2 amide bonds. The maximum atomic E-state index is 13.9. The Kier molecular flexibility index (Phi) is 6.48. The van der Waals surface area contributed by atoms with Gasteiger partial charge in [0.15, 0.2) is 5.72 Å². The highest BCUT2D eigenvalue weighted by molar-refractivity contribution is 6.30. The summed E-state index contributed by atoms with van der Waals surface area (Å²) in [5.41, 5.74) is -2.06. The summed E-state index contributed by atoms with van der Waals surface area (Å²) in [7, 11) is 0. The molecule has 1 aliphatic heterocycles. The van der Waals surface area contributed by atoms with E-state index in [1.165, 1.54) is 17.0 Å². The molecule has 4 nitrogen and oxygen atoms in total. The Labute approximate surface area is 205 Å². The number of carbonyl (C=O) groups is 1. The van der Waals surface area contributed by atoms with Gasteiger partial charge in [-0.05, 0) is 61.4 Å². The Morgan fingerprint density at radius 3 is 2.38 bits per heavy atom. The zero-order chi connectivity index (χ0) is 24.8. The van der Waals surface area contributed by atoms with E-state index in [4.69, 9.17) is 23.2 Å². The fourth-order valence-corrected chi connectivity index (χ4v) is 5.16. The van der Waals surface area contributed by atoms with Gasteiger partial charge in [0, 0.05) is 32.9 Å². The van der Waals surface area contributed by atoms with Crippen LogP contribution in [-0.2, 0) is 11.9 Å². The molecule has 0 bridgehead atoms. The van der Waals surface area contributed by atoms with Gasteiger partial charge in [0.2, 0.25) is 0 Å². The standard InChI is InChI=1S/C25H23Cl2F3N2O2/c1-3-22-24(34,16-5-4-6-17(14-16)25(28,29)30)32(20-10-7-18(26)8-11-20)23(33)31(22)21-12-9-19(27)13-15(21)2/h4-12,14-15,22,34H,3,13H2,1-2H3/t15?,22-,24?/m0/s1. The predicted molar refractivity (Wildman–Crippen MR) is 126 cm³/mol. The van der Waals surface area contributed by atoms with Crippen molar-refractivity contribution >= 4 is 34.9 Å². The van der Waals surface area contributed by atoms with Gasteiger partial charge in [-0.25, -0.2) is 4.79 Å². The molecule has 2 aromatic carbocycles. The van der Waals surface area contributed by atoms with E-state index in [9.17, 15) is 23.1 Å². The molecule has 1 saturated heterocycles. The van der Waals surface area contributed by atoms with Crippen molar-refractivity contribution in [3.8, 4) is 0 Å². The molecule has 1 aliphatic carbocycles. The number of benzene rings is 2. The number of nitrogens with zero attached hydrogens (tertiary/aromatic N) is 2. The molecule has 0 saturated carbocycles. The number of halogens is 5. The first-order chi connectivity index (χ1) is 16.0. The van der Waals surface area contributed by atoms with Crippen molar-refractivity contribution in [2.75, 3.05) is 4.90 Å². The molecule has 1 heterocycles. The van der Waals surface area contributed by atoms with Crippen LogP contribution in [0.25, 0.3) is 0 Å². The van der Waals surface area contributed by atoms with Gasteiger partial charge in [-0.3, -0.25) is 9.80 Å². The molecular formula is C25H23Cl2F3N2O2. The lowest BCUT2D eigenvalue weighted by molar-refractivity contribution is -0.137. The smallest absolute Gasteiger partial charge is 0.365 e. The molecule has 2 unspecified atom stereocenters. The SMILES string of the molecule is CC[C@@H]1N(C2=CC=C(Cl)CC2C)C(=O)N(c2ccc(Cl)cc2)C1(O)c1cccc(C(F)(F)F)c1. The van der Waals surface area contributed by atoms with Gasteiger partial charge in [-0.1, -0.05) is 49.2 Å². The van der Waals surface area contributed by atoms with Gasteiger partial charge >= 0.3 is 12.2 Å². The molecule has 3 atom stereocenters. The second-order valence-corrected chi connectivity index (χ2v) is 9.43. The van der Waals surface area contributed by atoms with Crippen LogP contribution in [0.4, 0.5) is 23.7 Å². The molecule has 1 N–H and O–H groups in total. The maximum absolute atomic E-state index is 13.9. The Bertz CT molecular complexity index is 1160. The van der Waals surface area contributed by atoms with Crippen molar-refractivity contribution < 1.29 is 23.1 Å². The van der Waals surface area contributed by atoms with Crippen molar-refractivity contribution in [3.63, 3.8) is 0 Å². The lowest BCUT2D eigenvalue weighted by Gasteiger charge is -2.38. The van der Waals surface area contributed by atoms with Gasteiger partial charge in [-0.2, -0.15) is 13.2 Å². The molecule has 2 aliphatic rings. The van der Waals surface area contributed by atoms with Crippen LogP contribution in [0, 0.1) is 5.92 Å². The zero-order valence-corrected chi connectivity index (χ0v) is 20.0. The van der Waals surface area contributed by atoms with Crippen LogP contribution < -0.4 is 4.90 Å². The van der Waals surface area contributed by atoms with Crippen LogP contribution in [0.2, 0.25) is 5.02 Å². The molecule has 34 heavy (non-hydrogen) atoms. The van der Waals surface area contributed by atoms with E-state index >= 15 is 0 Å². The fourth-order valence-electron chi connectivity index (χ4n) is 4.74. The van der Waals surface area contributed by atoms with E-state index in [0.717, 1.165) is 17.0 Å². The monoisotopic (exact) mass is 510 g/mol. The van der Waals surface area contributed by atoms with Gasteiger partial charge in [-0.15, -0.1) is 0 Å². The van der Waals surface area contributed by atoms with E-state index in [-0.39, 0.29) is 17.9 Å². The molecular weight excluding hydrogens is 488 g/mol. The summed E-state index contributed by atoms with van der Waals surface area (Å²) in [6, 6.07) is 9.32. The Hall–Kier alpha value is -2.48. The number of carbonyl (C=O) groups excluding carboxylic acids is 1. The highest BCUT2D eigenvalue weighted by atomic mass is 35.5. The van der Waals surface area contributed by atoms with Crippen molar-refractivity contribution in [2.45, 2.75) is 44.6 Å². The number of aliphatic hydroxyl groups is 1. The number of allylic oxidation sites excluding steroid dienone is 4. The van der Waals surface area contributed by atoms with Gasteiger partial charge in [0.1, 0.15) is 0 Å². The minimum Gasteiger partial charge on any atom is -0.365 e. The quantitative estimate of drug-likeness (QED) is 0.469. The van der Waals surface area contributed by atoms with E-state index in [0.29, 0.717) is 27.9 Å². The summed E-state index contributed by atoms with van der Waals surface area (Å²) in [6.07, 6.45) is -0.385. The normalized spacial score (nSPS) is 25.5. The lowest BCUT2D eigenvalue weighted by Crippen LogP contribution is -2.49. The largest absolute Gasteiger partial charge is 0.416 e. The number of anilines is 1. The summed E-state index contributed by atoms with van der Waals surface area (Å²) in [4.78, 5) is 16.5. The summed E-state index contributed by atoms with van der Waals surface area (Å²) in [6.45, 7) is 3.70. The third kappa shape index (κ3) is 4.10. The molecule has 180 valence electrons. The maximum Gasteiger partial charge on any atom is 0.416 e. The molecule has 0 spiro atoms. The molecule has 1 fully saturated rings. The number of rotatable bonds is 4. The van der Waals surface area contributed by atoms with Gasteiger partial charge in [0.25, 0.3) is 0 Å². The number of urea groups is 1. The summed E-state index contributed by atoms with van der Waals surface area (Å²) < 4.78 is 40.6. The second-order valence-electron chi connectivity index (χ2n) is 8.50. The third-order valence-electron chi connectivity index (χ3n) is 6.32. The van der Waals surface area contributed by atoms with E-state index < -0.39 is 29.5 Å². The van der Waals surface area contributed by atoms with E-state index in [2.05, 4.69) is 0 Å². The van der Waals surface area contributed by atoms with E-state index in [1.807, 2.05) is 6.92 Å². The summed E-state index contributed by atoms with van der Waals surface area (Å²) >= 11 is 12.2. The molecule has 0 aromatic heterocycles. The number of alkyl halides is 3. The average Bonchev–Trinajstić information content (AvgIpc) is 3.01.